The molecule has 0 saturated carbocycles. The molecule has 1 unspecified atom stereocenters. The number of nitrogens with zero attached hydrogens (tertiary/aromatic N) is 3. The fourth-order valence-electron chi connectivity index (χ4n) is 4.34. The zero-order valence-electron chi connectivity index (χ0n) is 19.1. The third-order valence-electron chi connectivity index (χ3n) is 6.23. The van der Waals surface area contributed by atoms with Crippen LogP contribution in [0.1, 0.15) is 36.9 Å². The molecule has 4 rings (SSSR count). The Balaban J connectivity index is 1.53. The molecule has 2 aliphatic rings. The van der Waals surface area contributed by atoms with Gasteiger partial charge in [-0.3, -0.25) is 4.90 Å². The van der Waals surface area contributed by atoms with E-state index in [1.807, 2.05) is 6.07 Å². The lowest BCUT2D eigenvalue weighted by Crippen LogP contribution is -2.46. The number of carbonyl (C=O) groups excluding carboxylic acids is 1. The van der Waals surface area contributed by atoms with Gasteiger partial charge in [-0.15, -0.1) is 0 Å². The van der Waals surface area contributed by atoms with Crippen molar-refractivity contribution in [1.82, 2.24) is 10.2 Å². The third kappa shape index (κ3) is 4.58. The summed E-state index contributed by atoms with van der Waals surface area (Å²) in [5.74, 6) is 1.89. The number of unbranched alkanes of at least 4 members (excludes halogenated alkanes) is 1. The first-order chi connectivity index (χ1) is 15.7. The molecule has 1 atom stereocenters. The Kier molecular flexibility index (Phi) is 6.95. The summed E-state index contributed by atoms with van der Waals surface area (Å²) < 4.78 is 10.9. The molecule has 2 heterocycles. The van der Waals surface area contributed by atoms with Crippen molar-refractivity contribution in [1.29, 1.82) is 0 Å². The highest BCUT2D eigenvalue weighted by atomic mass is 16.5. The van der Waals surface area contributed by atoms with Crippen molar-refractivity contribution in [2.24, 2.45) is 4.99 Å². The summed E-state index contributed by atoms with van der Waals surface area (Å²) in [5.41, 5.74) is 3.56. The van der Waals surface area contributed by atoms with Crippen LogP contribution in [0, 0.1) is 0 Å². The maximum Gasteiger partial charge on any atom is 0.147 e. The van der Waals surface area contributed by atoms with E-state index >= 15 is 0 Å². The van der Waals surface area contributed by atoms with E-state index in [-0.39, 0.29) is 0 Å². The molecule has 0 aliphatic carbocycles. The largest absolute Gasteiger partial charge is 0.497 e. The number of hydrogen-bond donors (Lipinski definition) is 1. The van der Waals surface area contributed by atoms with Crippen LogP contribution < -0.4 is 19.7 Å². The molecule has 2 aromatic carbocycles. The lowest BCUT2D eigenvalue weighted by molar-refractivity contribution is -0.109. The number of benzene rings is 2. The second-order valence-corrected chi connectivity index (χ2v) is 8.21. The van der Waals surface area contributed by atoms with Gasteiger partial charge in [0.15, 0.2) is 0 Å². The van der Waals surface area contributed by atoms with Gasteiger partial charge in [-0.25, -0.2) is 4.99 Å². The Morgan fingerprint density at radius 2 is 1.84 bits per heavy atom. The molecule has 7 nitrogen and oxygen atoms in total. The molecule has 0 amide bonds. The number of aliphatic imine (C=N–C) groups is 1. The quantitative estimate of drug-likeness (QED) is 0.639. The lowest BCUT2D eigenvalue weighted by atomic mass is 10.0. The molecule has 0 aromatic heterocycles. The Morgan fingerprint density at radius 1 is 1.09 bits per heavy atom. The summed E-state index contributed by atoms with van der Waals surface area (Å²) in [4.78, 5) is 21.6. The van der Waals surface area contributed by atoms with Gasteiger partial charge >= 0.3 is 0 Å². The summed E-state index contributed by atoms with van der Waals surface area (Å²) in [6.07, 6.45) is 3.40. The van der Waals surface area contributed by atoms with Crippen LogP contribution in [-0.2, 0) is 4.79 Å². The van der Waals surface area contributed by atoms with Gasteiger partial charge in [0.25, 0.3) is 0 Å². The minimum Gasteiger partial charge on any atom is -0.497 e. The number of hydrogen-bond acceptors (Lipinski definition) is 7. The topological polar surface area (TPSA) is 66.4 Å². The summed E-state index contributed by atoms with van der Waals surface area (Å²) in [6, 6.07) is 11.5. The van der Waals surface area contributed by atoms with Gasteiger partial charge in [0.05, 0.1) is 19.9 Å². The smallest absolute Gasteiger partial charge is 0.147 e. The van der Waals surface area contributed by atoms with Gasteiger partial charge in [0, 0.05) is 55.1 Å². The number of anilines is 1. The van der Waals surface area contributed by atoms with E-state index < -0.39 is 6.04 Å². The van der Waals surface area contributed by atoms with E-state index in [4.69, 9.17) is 14.5 Å². The average Bonchev–Trinajstić information content (AvgIpc) is 2.86. The maximum atomic E-state index is 11.9. The molecule has 7 heteroatoms. The van der Waals surface area contributed by atoms with Crippen LogP contribution in [0.4, 0.5) is 11.4 Å². The molecular weight excluding hydrogens is 404 g/mol. The van der Waals surface area contributed by atoms with Crippen molar-refractivity contribution < 1.29 is 14.3 Å². The number of aldehydes is 1. The summed E-state index contributed by atoms with van der Waals surface area (Å²) in [5, 5.41) is 3.25. The van der Waals surface area contributed by atoms with Crippen LogP contribution in [0.2, 0.25) is 0 Å². The Morgan fingerprint density at radius 3 is 2.47 bits per heavy atom. The monoisotopic (exact) mass is 436 g/mol. The Bertz CT molecular complexity index is 966. The van der Waals surface area contributed by atoms with E-state index in [9.17, 15) is 4.79 Å². The molecule has 2 aliphatic heterocycles. The van der Waals surface area contributed by atoms with Crippen LogP contribution in [0.5, 0.6) is 11.5 Å². The number of rotatable bonds is 8. The van der Waals surface area contributed by atoms with Gasteiger partial charge in [-0.05, 0) is 37.2 Å². The van der Waals surface area contributed by atoms with Gasteiger partial charge in [0.2, 0.25) is 0 Å². The summed E-state index contributed by atoms with van der Waals surface area (Å²) >= 11 is 0. The van der Waals surface area contributed by atoms with Crippen LogP contribution in [-0.4, -0.2) is 64.0 Å². The van der Waals surface area contributed by atoms with Gasteiger partial charge < -0.3 is 24.5 Å². The maximum absolute atomic E-state index is 11.9. The zero-order valence-corrected chi connectivity index (χ0v) is 19.1. The number of amidine groups is 1. The highest BCUT2D eigenvalue weighted by molar-refractivity contribution is 6.04. The van der Waals surface area contributed by atoms with Gasteiger partial charge in [0.1, 0.15) is 29.7 Å². The average molecular weight is 437 g/mol. The Hall–Kier alpha value is -3.06. The Labute approximate surface area is 190 Å². The van der Waals surface area contributed by atoms with E-state index in [2.05, 4.69) is 46.3 Å². The molecule has 2 aromatic rings. The number of methoxy groups -OCH3 is 2. The summed E-state index contributed by atoms with van der Waals surface area (Å²) in [6.45, 7) is 7.75. The van der Waals surface area contributed by atoms with E-state index in [0.29, 0.717) is 23.0 Å². The second-order valence-electron chi connectivity index (χ2n) is 8.21. The first kappa shape index (κ1) is 22.1. The lowest BCUT2D eigenvalue weighted by Gasteiger charge is -2.36. The number of carbonyl (C=O) groups is 1. The molecule has 0 radical (unpaired) electrons. The standard InChI is InChI=1S/C25H32N4O3/c1-4-5-10-28-11-13-29(14-12-28)19-8-6-18(7-9-19)25-26-21-15-20(31-2)16-23(32-3)24(21)22(17-30)27-25/h6-9,15-17,22H,4-5,10-14H2,1-3H3,(H,26,27). The molecule has 170 valence electrons. The number of piperazine rings is 1. The minimum absolute atomic E-state index is 0.533. The van der Waals surface area contributed by atoms with E-state index in [1.54, 1.807) is 20.3 Å². The van der Waals surface area contributed by atoms with Crippen molar-refractivity contribution in [2.45, 2.75) is 25.8 Å². The van der Waals surface area contributed by atoms with Crippen molar-refractivity contribution in [3.05, 3.63) is 47.5 Å². The SMILES string of the molecule is CCCCN1CCN(c2ccc(C3=Nc4cc(OC)cc(OC)c4C(C=O)N3)cc2)CC1. The van der Waals surface area contributed by atoms with Crippen molar-refractivity contribution >= 4 is 23.5 Å². The molecule has 1 saturated heterocycles. The van der Waals surface area contributed by atoms with Gasteiger partial charge in [-0.2, -0.15) is 0 Å². The molecule has 1 N–H and O–H groups in total. The molecular formula is C25H32N4O3. The third-order valence-corrected chi connectivity index (χ3v) is 6.23. The first-order valence-corrected chi connectivity index (χ1v) is 11.3. The molecule has 0 spiro atoms. The molecule has 0 bridgehead atoms. The van der Waals surface area contributed by atoms with E-state index in [0.717, 1.165) is 43.6 Å². The van der Waals surface area contributed by atoms with Gasteiger partial charge in [-0.1, -0.05) is 13.3 Å². The second kappa shape index (κ2) is 10.0. The summed E-state index contributed by atoms with van der Waals surface area (Å²) in [7, 11) is 3.19. The van der Waals surface area contributed by atoms with Crippen LogP contribution in [0.15, 0.2) is 41.4 Å². The zero-order chi connectivity index (χ0) is 22.5. The highest BCUT2D eigenvalue weighted by Gasteiger charge is 2.27. The number of fused-ring (bicyclic) bond motifs is 1. The molecule has 1 fully saturated rings. The highest BCUT2D eigenvalue weighted by Crippen LogP contribution is 2.40. The van der Waals surface area contributed by atoms with Crippen LogP contribution >= 0.6 is 0 Å². The van der Waals surface area contributed by atoms with Crippen LogP contribution in [0.3, 0.4) is 0 Å². The van der Waals surface area contributed by atoms with Crippen molar-refractivity contribution in [3.63, 3.8) is 0 Å². The molecule has 32 heavy (non-hydrogen) atoms. The number of nitrogens with one attached hydrogen (secondary N) is 1. The fraction of sp³-hybridized carbons (Fsp3) is 0.440. The van der Waals surface area contributed by atoms with Crippen molar-refractivity contribution in [3.8, 4) is 11.5 Å². The first-order valence-electron chi connectivity index (χ1n) is 11.3. The van der Waals surface area contributed by atoms with E-state index in [1.165, 1.54) is 25.1 Å². The van der Waals surface area contributed by atoms with Crippen molar-refractivity contribution in [2.75, 3.05) is 51.8 Å². The normalized spacial score (nSPS) is 18.4. The van der Waals surface area contributed by atoms with Crippen LogP contribution in [0.25, 0.3) is 0 Å². The predicted molar refractivity (Wildman–Crippen MR) is 128 cm³/mol. The number of ether oxygens (including phenoxy) is 2. The minimum atomic E-state index is -0.533. The fourth-order valence-corrected chi connectivity index (χ4v) is 4.34. The predicted octanol–water partition coefficient (Wildman–Crippen LogP) is 3.55.